The summed E-state index contributed by atoms with van der Waals surface area (Å²) in [6.07, 6.45) is 3.04. The van der Waals surface area contributed by atoms with E-state index in [-0.39, 0.29) is 41.6 Å². The number of halogens is 2. The normalized spacial score (nSPS) is 19.3. The highest BCUT2D eigenvalue weighted by Crippen LogP contribution is 2.38. The Morgan fingerprint density at radius 1 is 1.21 bits per heavy atom. The molecule has 0 amide bonds. The molecule has 2 fully saturated rings. The average Bonchev–Trinajstić information content (AvgIpc) is 3.47. The van der Waals surface area contributed by atoms with Crippen molar-refractivity contribution in [3.05, 3.63) is 39.9 Å². The molecule has 3 N–H and O–H groups in total. The summed E-state index contributed by atoms with van der Waals surface area (Å²) in [4.78, 5) is 36.7. The van der Waals surface area contributed by atoms with Gasteiger partial charge in [-0.25, -0.2) is 9.18 Å². The molecule has 2 aliphatic rings. The van der Waals surface area contributed by atoms with Crippen molar-refractivity contribution in [2.24, 2.45) is 0 Å². The van der Waals surface area contributed by atoms with E-state index in [0.717, 1.165) is 18.9 Å². The number of benzene rings is 1. The van der Waals surface area contributed by atoms with E-state index in [2.05, 4.69) is 5.32 Å². The minimum atomic E-state index is -1.34. The minimum absolute atomic E-state index is 0. The number of nitrogens with one attached hydrogen (secondary N) is 1. The van der Waals surface area contributed by atoms with Crippen LogP contribution in [0.2, 0.25) is 0 Å². The second kappa shape index (κ2) is 7.40. The lowest BCUT2D eigenvalue weighted by Gasteiger charge is -2.33. The van der Waals surface area contributed by atoms with Crippen LogP contribution in [0.4, 0.5) is 10.1 Å². The number of nitrogens with zero attached hydrogens (tertiary/aromatic N) is 2. The summed E-state index contributed by atoms with van der Waals surface area (Å²) in [5.41, 5.74) is -0.417. The lowest BCUT2D eigenvalue weighted by atomic mass is 10.1. The number of piperazine rings is 1. The van der Waals surface area contributed by atoms with Gasteiger partial charge in [-0.1, -0.05) is 0 Å². The molecule has 10 heteroatoms. The molecule has 28 heavy (non-hydrogen) atoms. The molecule has 150 valence electrons. The molecule has 0 radical (unpaired) electrons. The average molecular weight is 412 g/mol. The van der Waals surface area contributed by atoms with E-state index in [1.54, 1.807) is 9.47 Å². The predicted molar refractivity (Wildman–Crippen MR) is 102 cm³/mol. The standard InChI is InChI=1S/C18H18FN3O5.ClH/c19-12-5-10-14(6-15(12)21-4-3-20-13(8-21)18(26)27)22(9-1-2-9)7-11(16(10)23)17(24)25;/h5-7,9,13,20H,1-4,8H2,(H,24,25)(H,26,27);1H. The van der Waals surface area contributed by atoms with Gasteiger partial charge in [0, 0.05) is 37.3 Å². The topological polar surface area (TPSA) is 112 Å². The largest absolute Gasteiger partial charge is 0.480 e. The molecule has 1 aliphatic heterocycles. The maximum atomic E-state index is 14.8. The molecule has 1 aromatic carbocycles. The highest BCUT2D eigenvalue weighted by molar-refractivity contribution is 5.93. The maximum absolute atomic E-state index is 14.8. The van der Waals surface area contributed by atoms with Crippen molar-refractivity contribution in [2.45, 2.75) is 24.9 Å². The lowest BCUT2D eigenvalue weighted by Crippen LogP contribution is -2.54. The van der Waals surface area contributed by atoms with Crippen molar-refractivity contribution >= 4 is 40.9 Å². The SMILES string of the molecule is Cl.O=C(O)c1cn(C2CC2)c2cc(N3CCNC(C(=O)O)C3)c(F)cc2c1=O. The van der Waals surface area contributed by atoms with E-state index >= 15 is 0 Å². The van der Waals surface area contributed by atoms with Crippen LogP contribution in [-0.4, -0.2) is 52.4 Å². The number of carboxylic acids is 2. The van der Waals surface area contributed by atoms with Crippen LogP contribution in [0.5, 0.6) is 0 Å². The number of hydrogen-bond acceptors (Lipinski definition) is 5. The molecule has 1 atom stereocenters. The quantitative estimate of drug-likeness (QED) is 0.698. The van der Waals surface area contributed by atoms with Gasteiger partial charge in [-0.2, -0.15) is 0 Å². The van der Waals surface area contributed by atoms with Gasteiger partial charge in [0.1, 0.15) is 17.4 Å². The van der Waals surface area contributed by atoms with Crippen LogP contribution in [0.15, 0.2) is 23.1 Å². The zero-order chi connectivity index (χ0) is 19.3. The molecule has 1 aliphatic carbocycles. The number of pyridine rings is 1. The van der Waals surface area contributed by atoms with E-state index < -0.39 is 29.2 Å². The third kappa shape index (κ3) is 3.43. The van der Waals surface area contributed by atoms with Crippen molar-refractivity contribution in [2.75, 3.05) is 24.5 Å². The van der Waals surface area contributed by atoms with E-state index in [9.17, 15) is 29.0 Å². The van der Waals surface area contributed by atoms with Crippen LogP contribution in [-0.2, 0) is 4.79 Å². The van der Waals surface area contributed by atoms with Gasteiger partial charge < -0.3 is 25.0 Å². The Bertz CT molecular complexity index is 1020. The van der Waals surface area contributed by atoms with E-state index in [4.69, 9.17) is 0 Å². The summed E-state index contributed by atoms with van der Waals surface area (Å²) in [7, 11) is 0. The molecule has 1 saturated carbocycles. The van der Waals surface area contributed by atoms with E-state index in [1.807, 2.05) is 0 Å². The van der Waals surface area contributed by atoms with Gasteiger partial charge in [-0.3, -0.25) is 9.59 Å². The van der Waals surface area contributed by atoms with Crippen LogP contribution >= 0.6 is 12.4 Å². The van der Waals surface area contributed by atoms with Crippen molar-refractivity contribution < 1.29 is 24.2 Å². The molecular formula is C18H19ClFN3O5. The van der Waals surface area contributed by atoms with Crippen molar-refractivity contribution in [1.29, 1.82) is 0 Å². The first-order chi connectivity index (χ1) is 12.9. The zero-order valence-electron chi connectivity index (χ0n) is 14.7. The van der Waals surface area contributed by atoms with Crippen LogP contribution < -0.4 is 15.6 Å². The number of carboxylic acid groups (broad SMARTS) is 2. The van der Waals surface area contributed by atoms with Crippen molar-refractivity contribution in [3.63, 3.8) is 0 Å². The van der Waals surface area contributed by atoms with Gasteiger partial charge in [0.05, 0.1) is 11.2 Å². The second-order valence-electron chi connectivity index (χ2n) is 6.93. The highest BCUT2D eigenvalue weighted by atomic mass is 35.5. The van der Waals surface area contributed by atoms with Crippen LogP contribution in [0.3, 0.4) is 0 Å². The molecule has 1 saturated heterocycles. The number of carbonyl (C=O) groups is 2. The van der Waals surface area contributed by atoms with Crippen LogP contribution in [0, 0.1) is 5.82 Å². The Balaban J connectivity index is 0.00000225. The third-order valence-electron chi connectivity index (χ3n) is 5.09. The molecule has 8 nitrogen and oxygen atoms in total. The van der Waals surface area contributed by atoms with Gasteiger partial charge in [-0.15, -0.1) is 12.4 Å². The fraction of sp³-hybridized carbons (Fsp3) is 0.389. The van der Waals surface area contributed by atoms with Crippen molar-refractivity contribution in [1.82, 2.24) is 9.88 Å². The fourth-order valence-corrected chi connectivity index (χ4v) is 3.54. The Labute approximate surface area is 165 Å². The van der Waals surface area contributed by atoms with Gasteiger partial charge in [0.25, 0.3) is 0 Å². The molecule has 0 spiro atoms. The van der Waals surface area contributed by atoms with Crippen LogP contribution in [0.1, 0.15) is 29.2 Å². The van der Waals surface area contributed by atoms with Gasteiger partial charge >= 0.3 is 11.9 Å². The summed E-state index contributed by atoms with van der Waals surface area (Å²) in [6, 6.07) is 1.87. The summed E-state index contributed by atoms with van der Waals surface area (Å²) >= 11 is 0. The minimum Gasteiger partial charge on any atom is -0.480 e. The molecule has 0 bridgehead atoms. The maximum Gasteiger partial charge on any atom is 0.341 e. The molecule has 4 rings (SSSR count). The highest BCUT2D eigenvalue weighted by Gasteiger charge is 2.30. The summed E-state index contributed by atoms with van der Waals surface area (Å²) in [5, 5.41) is 21.4. The molecule has 2 heterocycles. The Morgan fingerprint density at radius 2 is 1.93 bits per heavy atom. The van der Waals surface area contributed by atoms with Gasteiger partial charge in [-0.05, 0) is 25.0 Å². The van der Waals surface area contributed by atoms with Gasteiger partial charge in [0.15, 0.2) is 0 Å². The van der Waals surface area contributed by atoms with Crippen molar-refractivity contribution in [3.8, 4) is 0 Å². The number of aliphatic carboxylic acids is 1. The number of aromatic carboxylic acids is 1. The third-order valence-corrected chi connectivity index (χ3v) is 5.09. The summed E-state index contributed by atoms with van der Waals surface area (Å²) in [5.74, 6) is -3.02. The molecule has 2 aromatic rings. The zero-order valence-corrected chi connectivity index (χ0v) is 15.5. The Morgan fingerprint density at radius 3 is 2.54 bits per heavy atom. The molecular weight excluding hydrogens is 393 g/mol. The predicted octanol–water partition coefficient (Wildman–Crippen LogP) is 1.46. The smallest absolute Gasteiger partial charge is 0.341 e. The number of hydrogen-bond donors (Lipinski definition) is 3. The van der Waals surface area contributed by atoms with E-state index in [0.29, 0.717) is 18.6 Å². The summed E-state index contributed by atoms with van der Waals surface area (Å²) < 4.78 is 16.5. The lowest BCUT2D eigenvalue weighted by molar-refractivity contribution is -0.139. The Kier molecular flexibility index (Phi) is 5.31. The van der Waals surface area contributed by atoms with Gasteiger partial charge in [0.2, 0.25) is 5.43 Å². The second-order valence-corrected chi connectivity index (χ2v) is 6.93. The monoisotopic (exact) mass is 411 g/mol. The van der Waals surface area contributed by atoms with Crippen LogP contribution in [0.25, 0.3) is 10.9 Å². The number of aromatic nitrogens is 1. The number of fused-ring (bicyclic) bond motifs is 1. The first kappa shape index (κ1) is 20.1. The first-order valence-corrected chi connectivity index (χ1v) is 8.69. The van der Waals surface area contributed by atoms with E-state index in [1.165, 1.54) is 12.3 Å². The summed E-state index contributed by atoms with van der Waals surface area (Å²) in [6.45, 7) is 0.910. The number of rotatable bonds is 4. The molecule has 1 unspecified atom stereocenters. The first-order valence-electron chi connectivity index (χ1n) is 8.69. The number of anilines is 1. The molecule has 1 aromatic heterocycles. The fourth-order valence-electron chi connectivity index (χ4n) is 3.54. The Hall–Kier alpha value is -2.65.